The van der Waals surface area contributed by atoms with Crippen LogP contribution in [0.25, 0.3) is 16.0 Å². The number of alkyl halides is 3. The summed E-state index contributed by atoms with van der Waals surface area (Å²) in [6.45, 7) is 1.84. The molecule has 2 heterocycles. The lowest BCUT2D eigenvalue weighted by atomic mass is 10.0. The third-order valence-corrected chi connectivity index (χ3v) is 6.13. The normalized spacial score (nSPS) is 12.8. The summed E-state index contributed by atoms with van der Waals surface area (Å²) >= 11 is 1.07. The van der Waals surface area contributed by atoms with Gasteiger partial charge in [-0.15, -0.1) is 11.3 Å². The van der Waals surface area contributed by atoms with Crippen LogP contribution in [0.2, 0.25) is 0 Å². The second-order valence-electron chi connectivity index (χ2n) is 7.13. The van der Waals surface area contributed by atoms with E-state index in [1.54, 1.807) is 17.0 Å². The minimum Gasteiger partial charge on any atom is -0.484 e. The van der Waals surface area contributed by atoms with Crippen LogP contribution in [-0.2, 0) is 12.7 Å². The topological polar surface area (TPSA) is 96.2 Å². The Morgan fingerprint density at radius 3 is 2.66 bits per heavy atom. The Bertz CT molecular complexity index is 1300. The third-order valence-electron chi connectivity index (χ3n) is 5.00. The highest BCUT2D eigenvalue weighted by Crippen LogP contribution is 2.39. The predicted octanol–water partition coefficient (Wildman–Crippen LogP) is 4.80. The SMILES string of the molecule is CC(Oc1cc(-n2cnc3ccc(CN)cc32)sc1C(N)=O)c1ccccc1C(F)(F)F. The van der Waals surface area contributed by atoms with Crippen molar-refractivity contribution in [1.82, 2.24) is 9.55 Å². The van der Waals surface area contributed by atoms with E-state index in [0.29, 0.717) is 11.5 Å². The van der Waals surface area contributed by atoms with E-state index < -0.39 is 23.8 Å². The number of aromatic nitrogens is 2. The number of nitrogens with zero attached hydrogens (tertiary/aromatic N) is 2. The minimum absolute atomic E-state index is 0.0381. The Kier molecular flexibility index (Phi) is 5.66. The molecular formula is C22H19F3N4O2S. The Labute approximate surface area is 185 Å². The lowest BCUT2D eigenvalue weighted by molar-refractivity contribution is -0.138. The molecule has 0 fully saturated rings. The summed E-state index contributed by atoms with van der Waals surface area (Å²) in [6, 6.07) is 12.3. The van der Waals surface area contributed by atoms with Crippen LogP contribution in [0.1, 0.15) is 39.4 Å². The van der Waals surface area contributed by atoms with Crippen LogP contribution in [-0.4, -0.2) is 15.5 Å². The summed E-state index contributed by atoms with van der Waals surface area (Å²) < 4.78 is 47.8. The number of thiophene rings is 1. The number of hydrogen-bond donors (Lipinski definition) is 2. The van der Waals surface area contributed by atoms with Gasteiger partial charge in [0.25, 0.3) is 5.91 Å². The number of rotatable bonds is 6. The second kappa shape index (κ2) is 8.29. The number of halogens is 3. The highest BCUT2D eigenvalue weighted by Gasteiger charge is 2.35. The maximum absolute atomic E-state index is 13.4. The zero-order valence-electron chi connectivity index (χ0n) is 16.9. The molecule has 0 spiro atoms. The number of hydrogen-bond acceptors (Lipinski definition) is 5. The average molecular weight is 460 g/mol. The standard InChI is InChI=1S/C22H19F3N4O2S/c1-12(14-4-2-3-5-15(14)22(23,24)25)31-18-9-19(32-20(18)21(27)30)29-11-28-16-7-6-13(10-26)8-17(16)29/h2-9,11-12H,10,26H2,1H3,(H2,27,30). The first-order chi connectivity index (χ1) is 15.2. The first-order valence-electron chi connectivity index (χ1n) is 9.62. The molecule has 6 nitrogen and oxygen atoms in total. The molecule has 0 bridgehead atoms. The van der Waals surface area contributed by atoms with Crippen molar-refractivity contribution in [2.75, 3.05) is 0 Å². The quantitative estimate of drug-likeness (QED) is 0.432. The van der Waals surface area contributed by atoms with Gasteiger partial charge < -0.3 is 16.2 Å². The number of ether oxygens (including phenoxy) is 1. The molecule has 1 unspecified atom stereocenters. The third kappa shape index (κ3) is 4.06. The molecule has 0 saturated heterocycles. The fourth-order valence-electron chi connectivity index (χ4n) is 3.46. The lowest BCUT2D eigenvalue weighted by Crippen LogP contribution is -2.15. The van der Waals surface area contributed by atoms with Crippen molar-refractivity contribution in [2.24, 2.45) is 11.5 Å². The van der Waals surface area contributed by atoms with Crippen LogP contribution in [0.4, 0.5) is 13.2 Å². The Morgan fingerprint density at radius 1 is 1.22 bits per heavy atom. The van der Waals surface area contributed by atoms with Crippen LogP contribution >= 0.6 is 11.3 Å². The molecule has 0 radical (unpaired) electrons. The lowest BCUT2D eigenvalue weighted by Gasteiger charge is -2.19. The second-order valence-corrected chi connectivity index (χ2v) is 8.16. The highest BCUT2D eigenvalue weighted by atomic mass is 32.1. The number of primary amides is 1. The van der Waals surface area contributed by atoms with E-state index >= 15 is 0 Å². The summed E-state index contributed by atoms with van der Waals surface area (Å²) in [5, 5.41) is 0.585. The van der Waals surface area contributed by atoms with Gasteiger partial charge in [-0.25, -0.2) is 4.98 Å². The molecule has 2 aromatic heterocycles. The van der Waals surface area contributed by atoms with Gasteiger partial charge in [-0.05, 0) is 30.7 Å². The van der Waals surface area contributed by atoms with Gasteiger partial charge in [0.1, 0.15) is 28.1 Å². The van der Waals surface area contributed by atoms with E-state index in [4.69, 9.17) is 16.2 Å². The molecule has 4 rings (SSSR count). The van der Waals surface area contributed by atoms with Gasteiger partial charge in [-0.2, -0.15) is 13.2 Å². The van der Waals surface area contributed by atoms with Crippen molar-refractivity contribution >= 4 is 28.3 Å². The van der Waals surface area contributed by atoms with E-state index in [1.807, 2.05) is 18.2 Å². The van der Waals surface area contributed by atoms with Crippen molar-refractivity contribution in [1.29, 1.82) is 0 Å². The van der Waals surface area contributed by atoms with Crippen LogP contribution in [0.3, 0.4) is 0 Å². The molecule has 10 heteroatoms. The largest absolute Gasteiger partial charge is 0.484 e. The summed E-state index contributed by atoms with van der Waals surface area (Å²) in [5.41, 5.74) is 12.8. The monoisotopic (exact) mass is 460 g/mol. The van der Waals surface area contributed by atoms with Gasteiger partial charge >= 0.3 is 6.18 Å². The predicted molar refractivity (Wildman–Crippen MR) is 116 cm³/mol. The maximum atomic E-state index is 13.4. The summed E-state index contributed by atoms with van der Waals surface area (Å²) in [4.78, 5) is 16.5. The highest BCUT2D eigenvalue weighted by molar-refractivity contribution is 7.16. The fourth-order valence-corrected chi connectivity index (χ4v) is 4.39. The van der Waals surface area contributed by atoms with Crippen molar-refractivity contribution in [3.05, 3.63) is 76.4 Å². The molecule has 0 saturated carbocycles. The van der Waals surface area contributed by atoms with Crippen molar-refractivity contribution in [3.63, 3.8) is 0 Å². The van der Waals surface area contributed by atoms with Crippen LogP contribution in [0.5, 0.6) is 5.75 Å². The molecule has 1 atom stereocenters. The number of benzene rings is 2. The molecule has 0 aliphatic heterocycles. The average Bonchev–Trinajstić information content (AvgIpc) is 3.36. The van der Waals surface area contributed by atoms with Crippen molar-refractivity contribution in [2.45, 2.75) is 25.7 Å². The van der Waals surface area contributed by atoms with Gasteiger partial charge in [0, 0.05) is 18.2 Å². The fraction of sp³-hybridized carbons (Fsp3) is 0.182. The van der Waals surface area contributed by atoms with Crippen molar-refractivity contribution < 1.29 is 22.7 Å². The van der Waals surface area contributed by atoms with Gasteiger partial charge in [-0.1, -0.05) is 24.3 Å². The van der Waals surface area contributed by atoms with Crippen LogP contribution < -0.4 is 16.2 Å². The molecular weight excluding hydrogens is 441 g/mol. The molecule has 2 aromatic carbocycles. The molecule has 0 aliphatic carbocycles. The van der Waals surface area contributed by atoms with E-state index in [2.05, 4.69) is 4.98 Å². The van der Waals surface area contributed by atoms with E-state index in [-0.39, 0.29) is 16.2 Å². The number of imidazole rings is 1. The molecule has 4 aromatic rings. The van der Waals surface area contributed by atoms with Gasteiger partial charge in [0.2, 0.25) is 0 Å². The maximum Gasteiger partial charge on any atom is 0.416 e. The molecule has 166 valence electrons. The van der Waals surface area contributed by atoms with E-state index in [1.165, 1.54) is 25.1 Å². The smallest absolute Gasteiger partial charge is 0.416 e. The van der Waals surface area contributed by atoms with Gasteiger partial charge in [0.05, 0.1) is 16.6 Å². The first-order valence-corrected chi connectivity index (χ1v) is 10.4. The molecule has 4 N–H and O–H groups in total. The molecule has 1 amide bonds. The van der Waals surface area contributed by atoms with Crippen molar-refractivity contribution in [3.8, 4) is 10.8 Å². The molecule has 32 heavy (non-hydrogen) atoms. The van der Waals surface area contributed by atoms with Gasteiger partial charge in [-0.3, -0.25) is 9.36 Å². The summed E-state index contributed by atoms with van der Waals surface area (Å²) in [7, 11) is 0. The zero-order chi connectivity index (χ0) is 23.0. The van der Waals surface area contributed by atoms with E-state index in [0.717, 1.165) is 34.0 Å². The number of nitrogens with two attached hydrogens (primary N) is 2. The number of carbonyl (C=O) groups excluding carboxylic acids is 1. The molecule has 0 aliphatic rings. The summed E-state index contributed by atoms with van der Waals surface area (Å²) in [6.07, 6.45) is -3.92. The van der Waals surface area contributed by atoms with Crippen LogP contribution in [0, 0.1) is 0 Å². The summed E-state index contributed by atoms with van der Waals surface area (Å²) in [5.74, 6) is -0.626. The van der Waals surface area contributed by atoms with E-state index in [9.17, 15) is 18.0 Å². The first kappa shape index (κ1) is 21.8. The number of fused-ring (bicyclic) bond motifs is 1. The Balaban J connectivity index is 1.74. The number of amides is 1. The minimum atomic E-state index is -4.53. The Morgan fingerprint density at radius 2 is 1.97 bits per heavy atom. The van der Waals surface area contributed by atoms with Crippen LogP contribution in [0.15, 0.2) is 54.9 Å². The van der Waals surface area contributed by atoms with Gasteiger partial charge in [0.15, 0.2) is 0 Å². The Hall–Kier alpha value is -3.37. The zero-order valence-corrected chi connectivity index (χ0v) is 17.7. The number of carbonyl (C=O) groups is 1.